The SMILES string of the molecule is CC(C)(Br)C=C(O[SiH3])c1ccc(C(C)(C)C)cc1. The van der Waals surface area contributed by atoms with E-state index in [9.17, 15) is 0 Å². The molecule has 0 saturated heterocycles. The van der Waals surface area contributed by atoms with Crippen LogP contribution in [-0.2, 0) is 9.84 Å². The Labute approximate surface area is 122 Å². The van der Waals surface area contributed by atoms with Crippen LogP contribution in [0.3, 0.4) is 0 Å². The first-order valence-corrected chi connectivity index (χ1v) is 7.81. The van der Waals surface area contributed by atoms with Crippen molar-refractivity contribution in [3.05, 3.63) is 41.5 Å². The van der Waals surface area contributed by atoms with Crippen LogP contribution in [0.25, 0.3) is 5.76 Å². The number of rotatable bonds is 3. The van der Waals surface area contributed by atoms with Crippen LogP contribution in [-0.4, -0.2) is 14.8 Å². The van der Waals surface area contributed by atoms with Crippen LogP contribution in [0.2, 0.25) is 0 Å². The van der Waals surface area contributed by atoms with Gasteiger partial charge in [0.15, 0.2) is 0 Å². The highest BCUT2D eigenvalue weighted by Crippen LogP contribution is 2.27. The molecule has 0 fully saturated rings. The molecule has 0 amide bonds. The van der Waals surface area contributed by atoms with Gasteiger partial charge in [-0.25, -0.2) is 0 Å². The summed E-state index contributed by atoms with van der Waals surface area (Å²) in [5.41, 5.74) is 2.68. The summed E-state index contributed by atoms with van der Waals surface area (Å²) >= 11 is 3.62. The summed E-state index contributed by atoms with van der Waals surface area (Å²) in [6.45, 7) is 10.9. The van der Waals surface area contributed by atoms with Crippen molar-refractivity contribution >= 4 is 32.2 Å². The van der Waals surface area contributed by atoms with E-state index in [1.807, 2.05) is 0 Å². The Hall–Kier alpha value is -0.543. The van der Waals surface area contributed by atoms with Gasteiger partial charge in [-0.3, -0.25) is 0 Å². The van der Waals surface area contributed by atoms with Crippen molar-refractivity contribution in [1.29, 1.82) is 0 Å². The molecule has 0 aliphatic heterocycles. The topological polar surface area (TPSA) is 9.23 Å². The van der Waals surface area contributed by atoms with Gasteiger partial charge in [-0.1, -0.05) is 61.0 Å². The van der Waals surface area contributed by atoms with E-state index in [2.05, 4.69) is 80.9 Å². The number of alkyl halides is 1. The molecule has 1 nitrogen and oxygen atoms in total. The largest absolute Gasteiger partial charge is 0.553 e. The fraction of sp³-hybridized carbons (Fsp3) is 0.467. The van der Waals surface area contributed by atoms with Gasteiger partial charge in [0, 0.05) is 9.89 Å². The molecule has 3 heteroatoms. The number of hydrogen-bond acceptors (Lipinski definition) is 1. The second kappa shape index (κ2) is 5.62. The van der Waals surface area contributed by atoms with Crippen LogP contribution in [0.5, 0.6) is 0 Å². The van der Waals surface area contributed by atoms with E-state index in [4.69, 9.17) is 4.43 Å². The molecule has 0 bridgehead atoms. The molecule has 1 aromatic rings. The van der Waals surface area contributed by atoms with Crippen molar-refractivity contribution in [1.82, 2.24) is 0 Å². The van der Waals surface area contributed by atoms with Gasteiger partial charge in [0.2, 0.25) is 10.5 Å². The summed E-state index contributed by atoms with van der Waals surface area (Å²) in [6, 6.07) is 8.65. The Morgan fingerprint density at radius 3 is 1.94 bits per heavy atom. The minimum atomic E-state index is -0.0462. The summed E-state index contributed by atoms with van der Waals surface area (Å²) in [5, 5.41) is 0. The molecular formula is C15H23BrOSi. The zero-order valence-corrected chi connectivity index (χ0v) is 15.8. The standard InChI is InChI=1S/C15H23BrOSi/c1-14(2,3)12-8-6-11(7-9-12)13(17-18)10-15(4,5)16/h6-10H,1-5,18H3. The maximum Gasteiger partial charge on any atom is 0.204 e. The highest BCUT2D eigenvalue weighted by atomic mass is 79.9. The zero-order chi connectivity index (χ0) is 14.0. The molecule has 0 aromatic heterocycles. The van der Waals surface area contributed by atoms with Crippen molar-refractivity contribution in [2.75, 3.05) is 0 Å². The molecule has 0 saturated carbocycles. The average molecular weight is 327 g/mol. The number of hydrogen-bond donors (Lipinski definition) is 0. The molecule has 0 heterocycles. The van der Waals surface area contributed by atoms with Gasteiger partial charge in [0.25, 0.3) is 0 Å². The Bertz CT molecular complexity index is 421. The Balaban J connectivity index is 3.07. The van der Waals surface area contributed by atoms with E-state index in [0.29, 0.717) is 10.5 Å². The summed E-state index contributed by atoms with van der Waals surface area (Å²) in [7, 11) is 0.701. The molecule has 0 aliphatic rings. The molecule has 18 heavy (non-hydrogen) atoms. The van der Waals surface area contributed by atoms with E-state index in [1.165, 1.54) is 5.56 Å². The van der Waals surface area contributed by atoms with Crippen LogP contribution in [0.4, 0.5) is 0 Å². The summed E-state index contributed by atoms with van der Waals surface area (Å²) < 4.78 is 5.56. The summed E-state index contributed by atoms with van der Waals surface area (Å²) in [4.78, 5) is 0. The Kier molecular flexibility index (Phi) is 4.84. The third-order valence-corrected chi connectivity index (χ3v) is 3.40. The van der Waals surface area contributed by atoms with Gasteiger partial charge in [0.1, 0.15) is 5.76 Å². The number of allylic oxidation sites excluding steroid dienone is 1. The third-order valence-electron chi connectivity index (χ3n) is 2.73. The fourth-order valence-electron chi connectivity index (χ4n) is 1.71. The van der Waals surface area contributed by atoms with Crippen molar-refractivity contribution in [3.63, 3.8) is 0 Å². The smallest absolute Gasteiger partial charge is 0.204 e. The van der Waals surface area contributed by atoms with E-state index < -0.39 is 0 Å². The fourth-order valence-corrected chi connectivity index (χ4v) is 2.27. The summed E-state index contributed by atoms with van der Waals surface area (Å²) in [5.74, 6) is 0.962. The molecule has 0 spiro atoms. The average Bonchev–Trinajstić information content (AvgIpc) is 2.24. The highest BCUT2D eigenvalue weighted by Gasteiger charge is 2.15. The summed E-state index contributed by atoms with van der Waals surface area (Å²) in [6.07, 6.45) is 2.12. The monoisotopic (exact) mass is 326 g/mol. The quantitative estimate of drug-likeness (QED) is 0.466. The normalized spacial score (nSPS) is 13.8. The third kappa shape index (κ3) is 4.62. The van der Waals surface area contributed by atoms with Crippen LogP contribution < -0.4 is 0 Å². The molecular weight excluding hydrogens is 304 g/mol. The molecule has 0 N–H and O–H groups in total. The molecule has 100 valence electrons. The van der Waals surface area contributed by atoms with Gasteiger partial charge in [-0.15, -0.1) is 0 Å². The highest BCUT2D eigenvalue weighted by molar-refractivity contribution is 9.10. The van der Waals surface area contributed by atoms with Crippen LogP contribution in [0.15, 0.2) is 30.3 Å². The minimum absolute atomic E-state index is 0.0462. The van der Waals surface area contributed by atoms with Gasteiger partial charge >= 0.3 is 0 Å². The van der Waals surface area contributed by atoms with Gasteiger partial charge in [0.05, 0.1) is 0 Å². The molecule has 1 rings (SSSR count). The van der Waals surface area contributed by atoms with Gasteiger partial charge in [-0.2, -0.15) is 0 Å². The van der Waals surface area contributed by atoms with Crippen molar-refractivity contribution in [3.8, 4) is 0 Å². The van der Waals surface area contributed by atoms with Gasteiger partial charge < -0.3 is 4.43 Å². The van der Waals surface area contributed by atoms with Crippen LogP contribution in [0.1, 0.15) is 45.7 Å². The molecule has 0 atom stereocenters. The Morgan fingerprint density at radius 1 is 1.11 bits per heavy atom. The predicted octanol–water partition coefficient (Wildman–Crippen LogP) is 3.80. The second-order valence-electron chi connectivity index (χ2n) is 6.10. The first-order chi connectivity index (χ1) is 8.13. The van der Waals surface area contributed by atoms with Crippen LogP contribution in [0, 0.1) is 0 Å². The van der Waals surface area contributed by atoms with E-state index in [-0.39, 0.29) is 9.74 Å². The van der Waals surface area contributed by atoms with Crippen LogP contribution >= 0.6 is 15.9 Å². The van der Waals surface area contributed by atoms with E-state index in [1.54, 1.807) is 0 Å². The lowest BCUT2D eigenvalue weighted by Crippen LogP contribution is -2.11. The molecule has 0 unspecified atom stereocenters. The second-order valence-corrected chi connectivity index (χ2v) is 8.56. The first-order valence-electron chi connectivity index (χ1n) is 6.20. The van der Waals surface area contributed by atoms with E-state index in [0.717, 1.165) is 11.3 Å². The van der Waals surface area contributed by atoms with E-state index >= 15 is 0 Å². The van der Waals surface area contributed by atoms with Crippen molar-refractivity contribution in [2.24, 2.45) is 0 Å². The maximum atomic E-state index is 5.61. The number of halogens is 1. The molecule has 0 radical (unpaired) electrons. The van der Waals surface area contributed by atoms with Crippen molar-refractivity contribution in [2.45, 2.75) is 44.4 Å². The van der Waals surface area contributed by atoms with Crippen molar-refractivity contribution < 1.29 is 4.43 Å². The predicted molar refractivity (Wildman–Crippen MR) is 87.1 cm³/mol. The number of benzene rings is 1. The molecule has 0 aliphatic carbocycles. The zero-order valence-electron chi connectivity index (χ0n) is 12.2. The minimum Gasteiger partial charge on any atom is -0.553 e. The maximum absolute atomic E-state index is 5.61. The lowest BCUT2D eigenvalue weighted by Gasteiger charge is -2.20. The first kappa shape index (κ1) is 15.5. The Morgan fingerprint density at radius 2 is 1.61 bits per heavy atom. The lowest BCUT2D eigenvalue weighted by molar-refractivity contribution is 0.565. The lowest BCUT2D eigenvalue weighted by atomic mass is 9.86. The molecule has 1 aromatic carbocycles. The van der Waals surface area contributed by atoms with Gasteiger partial charge in [-0.05, 0) is 30.9 Å².